The van der Waals surface area contributed by atoms with Crippen molar-refractivity contribution in [3.05, 3.63) is 29.6 Å². The third-order valence-corrected chi connectivity index (χ3v) is 4.47. The second kappa shape index (κ2) is 5.52. The molecule has 0 aliphatic heterocycles. The van der Waals surface area contributed by atoms with Gasteiger partial charge in [-0.3, -0.25) is 0 Å². The highest BCUT2D eigenvalue weighted by Crippen LogP contribution is 2.35. The zero-order chi connectivity index (χ0) is 15.8. The normalized spacial score (nSPS) is 13.1. The zero-order valence-electron chi connectivity index (χ0n) is 12.3. The third-order valence-electron chi connectivity index (χ3n) is 4.23. The Bertz CT molecular complexity index is 642. The van der Waals surface area contributed by atoms with Crippen molar-refractivity contribution < 1.29 is 13.2 Å². The van der Waals surface area contributed by atoms with E-state index < -0.39 is 11.7 Å². The summed E-state index contributed by atoms with van der Waals surface area (Å²) in [7, 11) is 0. The van der Waals surface area contributed by atoms with Gasteiger partial charge in [-0.2, -0.15) is 13.2 Å². The van der Waals surface area contributed by atoms with E-state index in [1.165, 1.54) is 6.07 Å². The van der Waals surface area contributed by atoms with Crippen LogP contribution in [-0.2, 0) is 17.6 Å². The highest BCUT2D eigenvalue weighted by molar-refractivity contribution is 6.16. The number of hydrogen-bond acceptors (Lipinski definition) is 1. The van der Waals surface area contributed by atoms with Gasteiger partial charge in [-0.15, -0.1) is 11.6 Å². The molecule has 0 saturated heterocycles. The van der Waals surface area contributed by atoms with E-state index in [1.807, 2.05) is 4.57 Å². The Morgan fingerprint density at radius 2 is 1.81 bits per heavy atom. The smallest absolute Gasteiger partial charge is 0.321 e. The van der Waals surface area contributed by atoms with Crippen LogP contribution in [0.3, 0.4) is 0 Å². The molecular formula is C15H18ClF3N2. The van der Waals surface area contributed by atoms with E-state index >= 15 is 0 Å². The number of aromatic nitrogens is 2. The Morgan fingerprint density at radius 1 is 1.19 bits per heavy atom. The van der Waals surface area contributed by atoms with Crippen LogP contribution in [0, 0.1) is 0 Å². The van der Waals surface area contributed by atoms with Crippen molar-refractivity contribution in [3.8, 4) is 0 Å². The van der Waals surface area contributed by atoms with Crippen molar-refractivity contribution in [3.63, 3.8) is 0 Å². The van der Waals surface area contributed by atoms with Gasteiger partial charge in [0.05, 0.1) is 22.5 Å². The minimum Gasteiger partial charge on any atom is -0.321 e. The predicted molar refractivity (Wildman–Crippen MR) is 78.5 cm³/mol. The van der Waals surface area contributed by atoms with Crippen molar-refractivity contribution >= 4 is 22.6 Å². The number of rotatable bonds is 4. The Hall–Kier alpha value is -1.23. The molecule has 0 amide bonds. The van der Waals surface area contributed by atoms with Crippen molar-refractivity contribution in [1.82, 2.24) is 9.55 Å². The maximum absolute atomic E-state index is 12.8. The number of fused-ring (bicyclic) bond motifs is 1. The first-order chi connectivity index (χ1) is 9.76. The highest BCUT2D eigenvalue weighted by Gasteiger charge is 2.32. The lowest BCUT2D eigenvalue weighted by Crippen LogP contribution is -2.29. The van der Waals surface area contributed by atoms with Crippen LogP contribution in [0.15, 0.2) is 18.2 Å². The molecule has 0 saturated carbocycles. The van der Waals surface area contributed by atoms with Gasteiger partial charge in [0, 0.05) is 5.54 Å². The number of benzene rings is 1. The van der Waals surface area contributed by atoms with Gasteiger partial charge in [0.15, 0.2) is 0 Å². The summed E-state index contributed by atoms with van der Waals surface area (Å²) < 4.78 is 40.4. The molecular weight excluding hydrogens is 301 g/mol. The molecule has 2 nitrogen and oxygen atoms in total. The van der Waals surface area contributed by atoms with Gasteiger partial charge in [-0.1, -0.05) is 13.8 Å². The molecule has 21 heavy (non-hydrogen) atoms. The maximum atomic E-state index is 12.8. The molecule has 1 heterocycles. The van der Waals surface area contributed by atoms with E-state index in [-0.39, 0.29) is 11.4 Å². The molecule has 2 rings (SSSR count). The first-order valence-electron chi connectivity index (χ1n) is 6.92. The van der Waals surface area contributed by atoms with E-state index in [9.17, 15) is 13.2 Å². The van der Waals surface area contributed by atoms with Crippen LogP contribution in [0.2, 0.25) is 0 Å². The fourth-order valence-electron chi connectivity index (χ4n) is 2.56. The molecule has 6 heteroatoms. The Balaban J connectivity index is 2.71. The van der Waals surface area contributed by atoms with Crippen LogP contribution in [-0.4, -0.2) is 9.55 Å². The molecule has 0 N–H and O–H groups in total. The number of nitrogens with zero attached hydrogens (tertiary/aromatic N) is 2. The summed E-state index contributed by atoms with van der Waals surface area (Å²) in [5.74, 6) is 0.781. The minimum atomic E-state index is -4.36. The van der Waals surface area contributed by atoms with Crippen LogP contribution in [0.4, 0.5) is 13.2 Å². The fourth-order valence-corrected chi connectivity index (χ4v) is 2.74. The minimum absolute atomic E-state index is 0.172. The molecule has 0 aliphatic carbocycles. The first-order valence-corrected chi connectivity index (χ1v) is 7.45. The van der Waals surface area contributed by atoms with Crippen LogP contribution in [0.5, 0.6) is 0 Å². The molecule has 0 unspecified atom stereocenters. The van der Waals surface area contributed by atoms with Crippen molar-refractivity contribution in [2.75, 3.05) is 0 Å². The molecule has 2 aromatic rings. The summed E-state index contributed by atoms with van der Waals surface area (Å²) in [6, 6.07) is 3.68. The number of halogens is 4. The lowest BCUT2D eigenvalue weighted by molar-refractivity contribution is -0.137. The van der Waals surface area contributed by atoms with Gasteiger partial charge < -0.3 is 4.57 Å². The van der Waals surface area contributed by atoms with Gasteiger partial charge in [0.25, 0.3) is 0 Å². The van der Waals surface area contributed by atoms with E-state index in [0.717, 1.165) is 25.0 Å². The SMILES string of the molecule is CCC(C)(CC)n1c(CCl)nc2cc(C(F)(F)F)ccc21. The molecule has 0 aliphatic rings. The molecule has 116 valence electrons. The Kier molecular flexibility index (Phi) is 4.24. The highest BCUT2D eigenvalue weighted by atomic mass is 35.5. The summed E-state index contributed by atoms with van der Waals surface area (Å²) in [5, 5.41) is 0. The van der Waals surface area contributed by atoms with Crippen molar-refractivity contribution in [2.24, 2.45) is 0 Å². The molecule has 0 radical (unpaired) electrons. The topological polar surface area (TPSA) is 17.8 Å². The molecule has 0 bridgehead atoms. The average Bonchev–Trinajstić information content (AvgIpc) is 2.83. The Labute approximate surface area is 126 Å². The number of hydrogen-bond donors (Lipinski definition) is 0. The lowest BCUT2D eigenvalue weighted by Gasteiger charge is -2.31. The number of alkyl halides is 4. The van der Waals surface area contributed by atoms with Crippen LogP contribution in [0.1, 0.15) is 45.0 Å². The molecule has 0 spiro atoms. The van der Waals surface area contributed by atoms with Gasteiger partial charge in [-0.25, -0.2) is 4.98 Å². The standard InChI is InChI=1S/C15H18ClF3N2/c1-4-14(3,5-2)21-12-7-6-10(15(17,18)19)8-11(12)20-13(21)9-16/h6-8H,4-5,9H2,1-3H3. The third kappa shape index (κ3) is 2.76. The first kappa shape index (κ1) is 16.1. The summed E-state index contributed by atoms with van der Waals surface area (Å²) in [6.45, 7) is 6.18. The lowest BCUT2D eigenvalue weighted by atomic mass is 9.94. The van der Waals surface area contributed by atoms with Gasteiger partial charge in [0.1, 0.15) is 5.82 Å². The monoisotopic (exact) mass is 318 g/mol. The van der Waals surface area contributed by atoms with Gasteiger partial charge in [-0.05, 0) is 38.0 Å². The molecule has 1 aromatic carbocycles. The van der Waals surface area contributed by atoms with E-state index in [0.29, 0.717) is 16.9 Å². The zero-order valence-corrected chi connectivity index (χ0v) is 13.0. The van der Waals surface area contributed by atoms with Crippen LogP contribution < -0.4 is 0 Å². The van der Waals surface area contributed by atoms with Crippen LogP contribution >= 0.6 is 11.6 Å². The number of imidazole rings is 1. The summed E-state index contributed by atoms with van der Waals surface area (Å²) >= 11 is 5.95. The average molecular weight is 319 g/mol. The summed E-state index contributed by atoms with van der Waals surface area (Å²) in [5.41, 5.74) is 0.146. The summed E-state index contributed by atoms with van der Waals surface area (Å²) in [4.78, 5) is 4.30. The van der Waals surface area contributed by atoms with Gasteiger partial charge in [0.2, 0.25) is 0 Å². The fraction of sp³-hybridized carbons (Fsp3) is 0.533. The van der Waals surface area contributed by atoms with Crippen molar-refractivity contribution in [1.29, 1.82) is 0 Å². The maximum Gasteiger partial charge on any atom is 0.416 e. The van der Waals surface area contributed by atoms with Crippen LogP contribution in [0.25, 0.3) is 11.0 Å². The Morgan fingerprint density at radius 3 is 2.29 bits per heavy atom. The summed E-state index contributed by atoms with van der Waals surface area (Å²) in [6.07, 6.45) is -2.67. The molecule has 0 fully saturated rings. The van der Waals surface area contributed by atoms with E-state index in [2.05, 4.69) is 25.8 Å². The van der Waals surface area contributed by atoms with E-state index in [1.54, 1.807) is 0 Å². The predicted octanol–water partition coefficient (Wildman–Crippen LogP) is 5.33. The second-order valence-electron chi connectivity index (χ2n) is 5.40. The van der Waals surface area contributed by atoms with E-state index in [4.69, 9.17) is 11.6 Å². The van der Waals surface area contributed by atoms with Gasteiger partial charge >= 0.3 is 6.18 Å². The van der Waals surface area contributed by atoms with Crippen molar-refractivity contribution in [2.45, 2.75) is 51.2 Å². The molecule has 1 aromatic heterocycles. The quantitative estimate of drug-likeness (QED) is 0.697. The second-order valence-corrected chi connectivity index (χ2v) is 5.67. The largest absolute Gasteiger partial charge is 0.416 e. The molecule has 0 atom stereocenters.